The molecule has 1 atom stereocenters. The molecule has 0 unspecified atom stereocenters. The van der Waals surface area contributed by atoms with E-state index in [0.29, 0.717) is 0 Å². The minimum Gasteiger partial charge on any atom is -0.328 e. The zero-order valence-electron chi connectivity index (χ0n) is 8.11. The molecule has 0 aliphatic rings. The van der Waals surface area contributed by atoms with E-state index in [0.717, 1.165) is 18.2 Å². The summed E-state index contributed by atoms with van der Waals surface area (Å²) in [5.41, 5.74) is 4.48. The SMILES string of the molecule is C[C@H](N)Cc1cc(F)ccc1C(F)(F)F. The van der Waals surface area contributed by atoms with Crippen molar-refractivity contribution in [2.75, 3.05) is 0 Å². The van der Waals surface area contributed by atoms with E-state index in [1.807, 2.05) is 0 Å². The van der Waals surface area contributed by atoms with Gasteiger partial charge in [0.15, 0.2) is 0 Å². The first-order valence-electron chi connectivity index (χ1n) is 4.42. The number of nitrogens with two attached hydrogens (primary N) is 1. The molecule has 84 valence electrons. The fourth-order valence-corrected chi connectivity index (χ4v) is 1.35. The third kappa shape index (κ3) is 3.20. The molecule has 0 amide bonds. The summed E-state index contributed by atoms with van der Waals surface area (Å²) in [6.45, 7) is 1.57. The molecule has 0 spiro atoms. The van der Waals surface area contributed by atoms with Gasteiger partial charge in [-0.1, -0.05) is 0 Å². The molecule has 2 N–H and O–H groups in total. The van der Waals surface area contributed by atoms with Gasteiger partial charge in [0.05, 0.1) is 5.56 Å². The maximum absolute atomic E-state index is 12.8. The second kappa shape index (κ2) is 4.18. The lowest BCUT2D eigenvalue weighted by Gasteiger charge is -2.14. The van der Waals surface area contributed by atoms with E-state index in [1.54, 1.807) is 6.92 Å². The van der Waals surface area contributed by atoms with Crippen LogP contribution in [-0.4, -0.2) is 6.04 Å². The molecule has 0 heterocycles. The Labute approximate surface area is 84.9 Å². The lowest BCUT2D eigenvalue weighted by Crippen LogP contribution is -2.20. The van der Waals surface area contributed by atoms with Gasteiger partial charge in [0.25, 0.3) is 0 Å². The quantitative estimate of drug-likeness (QED) is 0.763. The Kier molecular flexibility index (Phi) is 3.34. The Morgan fingerprint density at radius 1 is 1.33 bits per heavy atom. The molecule has 0 saturated heterocycles. The number of hydrogen-bond acceptors (Lipinski definition) is 1. The van der Waals surface area contributed by atoms with E-state index >= 15 is 0 Å². The minimum atomic E-state index is -4.46. The Hall–Kier alpha value is -1.10. The van der Waals surface area contributed by atoms with E-state index in [9.17, 15) is 17.6 Å². The molecule has 15 heavy (non-hydrogen) atoms. The first-order chi connectivity index (χ1) is 6.80. The Morgan fingerprint density at radius 2 is 1.93 bits per heavy atom. The molecule has 0 radical (unpaired) electrons. The van der Waals surface area contributed by atoms with Crippen LogP contribution in [0.15, 0.2) is 18.2 Å². The number of alkyl halides is 3. The first kappa shape index (κ1) is 12.0. The van der Waals surface area contributed by atoms with Crippen LogP contribution in [0.5, 0.6) is 0 Å². The Morgan fingerprint density at radius 3 is 2.40 bits per heavy atom. The summed E-state index contributed by atoms with van der Waals surface area (Å²) < 4.78 is 50.2. The van der Waals surface area contributed by atoms with Crippen molar-refractivity contribution in [1.29, 1.82) is 0 Å². The standard InChI is InChI=1S/C10H11F4N/c1-6(15)4-7-5-8(11)2-3-9(7)10(12,13)14/h2-3,5-6H,4,15H2,1H3/t6-/m0/s1. The van der Waals surface area contributed by atoms with Crippen LogP contribution in [0.1, 0.15) is 18.1 Å². The highest BCUT2D eigenvalue weighted by Crippen LogP contribution is 2.32. The maximum Gasteiger partial charge on any atom is 0.416 e. The predicted molar refractivity (Wildman–Crippen MR) is 48.8 cm³/mol. The molecular weight excluding hydrogens is 210 g/mol. The van der Waals surface area contributed by atoms with Gasteiger partial charge in [-0.2, -0.15) is 13.2 Å². The molecule has 1 aromatic rings. The molecular formula is C10H11F4N. The van der Waals surface area contributed by atoms with Crippen molar-refractivity contribution >= 4 is 0 Å². The molecule has 0 aliphatic heterocycles. The summed E-state index contributed by atoms with van der Waals surface area (Å²) in [5, 5.41) is 0. The third-order valence-corrected chi connectivity index (χ3v) is 1.91. The lowest BCUT2D eigenvalue weighted by molar-refractivity contribution is -0.138. The van der Waals surface area contributed by atoms with Gasteiger partial charge >= 0.3 is 6.18 Å². The van der Waals surface area contributed by atoms with Crippen LogP contribution >= 0.6 is 0 Å². The summed E-state index contributed by atoms with van der Waals surface area (Å²) >= 11 is 0. The van der Waals surface area contributed by atoms with Crippen LogP contribution in [0.25, 0.3) is 0 Å². The fourth-order valence-electron chi connectivity index (χ4n) is 1.35. The second-order valence-electron chi connectivity index (χ2n) is 3.48. The Bertz CT molecular complexity index is 344. The van der Waals surface area contributed by atoms with Gasteiger partial charge in [-0.15, -0.1) is 0 Å². The van der Waals surface area contributed by atoms with Crippen molar-refractivity contribution in [3.63, 3.8) is 0 Å². The number of rotatable bonds is 2. The van der Waals surface area contributed by atoms with Crippen LogP contribution in [0.3, 0.4) is 0 Å². The highest BCUT2D eigenvalue weighted by Gasteiger charge is 2.33. The zero-order valence-corrected chi connectivity index (χ0v) is 8.11. The van der Waals surface area contributed by atoms with Crippen molar-refractivity contribution in [3.05, 3.63) is 35.1 Å². The number of benzene rings is 1. The van der Waals surface area contributed by atoms with E-state index in [2.05, 4.69) is 0 Å². The molecule has 0 aromatic heterocycles. The molecule has 1 aromatic carbocycles. The molecule has 0 aliphatic carbocycles. The minimum absolute atomic E-state index is 0.00655. The van der Waals surface area contributed by atoms with Gasteiger partial charge in [0.1, 0.15) is 5.82 Å². The third-order valence-electron chi connectivity index (χ3n) is 1.91. The second-order valence-corrected chi connectivity index (χ2v) is 3.48. The average Bonchev–Trinajstić information content (AvgIpc) is 1.99. The normalized spacial score (nSPS) is 14.0. The lowest BCUT2D eigenvalue weighted by atomic mass is 10.0. The maximum atomic E-state index is 12.8. The van der Waals surface area contributed by atoms with Gasteiger partial charge in [-0.3, -0.25) is 0 Å². The van der Waals surface area contributed by atoms with Gasteiger partial charge in [-0.05, 0) is 37.1 Å². The van der Waals surface area contributed by atoms with Crippen LogP contribution in [0.4, 0.5) is 17.6 Å². The number of hydrogen-bond donors (Lipinski definition) is 1. The monoisotopic (exact) mass is 221 g/mol. The van der Waals surface area contributed by atoms with Crippen LogP contribution in [0.2, 0.25) is 0 Å². The summed E-state index contributed by atoms with van der Waals surface area (Å²) in [4.78, 5) is 0. The molecule has 0 saturated carbocycles. The van der Waals surface area contributed by atoms with Gasteiger partial charge in [0.2, 0.25) is 0 Å². The topological polar surface area (TPSA) is 26.0 Å². The van der Waals surface area contributed by atoms with E-state index < -0.39 is 23.6 Å². The van der Waals surface area contributed by atoms with Crippen LogP contribution < -0.4 is 5.73 Å². The van der Waals surface area contributed by atoms with Crippen LogP contribution in [-0.2, 0) is 12.6 Å². The molecule has 0 bridgehead atoms. The van der Waals surface area contributed by atoms with Crippen molar-refractivity contribution in [3.8, 4) is 0 Å². The molecule has 1 rings (SSSR count). The summed E-state index contributed by atoms with van der Waals surface area (Å²) in [6.07, 6.45) is -4.45. The smallest absolute Gasteiger partial charge is 0.328 e. The van der Waals surface area contributed by atoms with E-state index in [-0.39, 0.29) is 12.0 Å². The fraction of sp³-hybridized carbons (Fsp3) is 0.400. The van der Waals surface area contributed by atoms with Gasteiger partial charge < -0.3 is 5.73 Å². The van der Waals surface area contributed by atoms with Crippen molar-refractivity contribution in [2.24, 2.45) is 5.73 Å². The van der Waals surface area contributed by atoms with Crippen molar-refractivity contribution < 1.29 is 17.6 Å². The van der Waals surface area contributed by atoms with Gasteiger partial charge in [0, 0.05) is 6.04 Å². The molecule has 5 heteroatoms. The summed E-state index contributed by atoms with van der Waals surface area (Å²) in [7, 11) is 0. The highest BCUT2D eigenvalue weighted by atomic mass is 19.4. The molecule has 1 nitrogen and oxygen atoms in total. The van der Waals surface area contributed by atoms with Gasteiger partial charge in [-0.25, -0.2) is 4.39 Å². The van der Waals surface area contributed by atoms with Crippen molar-refractivity contribution in [2.45, 2.75) is 25.6 Å². The Balaban J connectivity index is 3.15. The van der Waals surface area contributed by atoms with Crippen LogP contribution in [0, 0.1) is 5.82 Å². The van der Waals surface area contributed by atoms with Crippen molar-refractivity contribution in [1.82, 2.24) is 0 Å². The summed E-state index contributed by atoms with van der Waals surface area (Å²) in [6, 6.07) is 1.99. The average molecular weight is 221 g/mol. The largest absolute Gasteiger partial charge is 0.416 e. The first-order valence-corrected chi connectivity index (χ1v) is 4.42. The number of halogens is 4. The van der Waals surface area contributed by atoms with E-state index in [1.165, 1.54) is 0 Å². The summed E-state index contributed by atoms with van der Waals surface area (Å²) in [5.74, 6) is -0.682. The predicted octanol–water partition coefficient (Wildman–Crippen LogP) is 2.73. The highest BCUT2D eigenvalue weighted by molar-refractivity contribution is 5.31. The van der Waals surface area contributed by atoms with E-state index in [4.69, 9.17) is 5.73 Å². The molecule has 0 fully saturated rings. The zero-order chi connectivity index (χ0) is 11.6.